The SMILES string of the molecule is B.O=C(O)CCC(=O)C(=O)O.O=C(O)CCC(=O)C(=O)O.O=C(O)CCC(=O)C(=O)O. The Bertz CT molecular complexity index is 614. The van der Waals surface area contributed by atoms with Crippen molar-refractivity contribution < 1.29 is 73.8 Å². The summed E-state index contributed by atoms with van der Waals surface area (Å²) in [6, 6.07) is 0. The zero-order valence-corrected chi connectivity index (χ0v) is 15.1. The van der Waals surface area contributed by atoms with Crippen LogP contribution in [0.5, 0.6) is 0 Å². The second-order valence-corrected chi connectivity index (χ2v) is 4.87. The number of ketones is 3. The molecule has 174 valence electrons. The first kappa shape index (κ1) is 34.4. The van der Waals surface area contributed by atoms with Crippen molar-refractivity contribution in [1.29, 1.82) is 0 Å². The number of carboxylic acid groups (broad SMARTS) is 6. The summed E-state index contributed by atoms with van der Waals surface area (Å²) in [5.74, 6) is -11.5. The highest BCUT2D eigenvalue weighted by Gasteiger charge is 2.13. The van der Waals surface area contributed by atoms with Gasteiger partial charge >= 0.3 is 35.8 Å². The van der Waals surface area contributed by atoms with Gasteiger partial charge in [-0.2, -0.15) is 0 Å². The van der Waals surface area contributed by atoms with Gasteiger partial charge in [-0.1, -0.05) is 0 Å². The van der Waals surface area contributed by atoms with Crippen molar-refractivity contribution in [3.63, 3.8) is 0 Å². The van der Waals surface area contributed by atoms with E-state index in [9.17, 15) is 43.2 Å². The van der Waals surface area contributed by atoms with Gasteiger partial charge in [-0.05, 0) is 0 Å². The van der Waals surface area contributed by atoms with Crippen molar-refractivity contribution in [2.24, 2.45) is 0 Å². The minimum Gasteiger partial charge on any atom is -0.481 e. The van der Waals surface area contributed by atoms with Crippen molar-refractivity contribution in [2.45, 2.75) is 38.5 Å². The number of rotatable bonds is 12. The van der Waals surface area contributed by atoms with Crippen LogP contribution in [-0.4, -0.2) is 92.2 Å². The third-order valence-corrected chi connectivity index (χ3v) is 2.41. The minimum absolute atomic E-state index is 0. The Morgan fingerprint density at radius 1 is 0.355 bits per heavy atom. The summed E-state index contributed by atoms with van der Waals surface area (Å²) >= 11 is 0. The first-order valence-electron chi connectivity index (χ1n) is 7.55. The minimum atomic E-state index is -1.58. The Balaban J connectivity index is -0.000000174. The molecule has 0 aromatic carbocycles. The smallest absolute Gasteiger partial charge is 0.372 e. The first-order chi connectivity index (χ1) is 13.6. The van der Waals surface area contributed by atoms with Crippen LogP contribution in [-0.2, 0) is 43.2 Å². The molecule has 0 aromatic rings. The molecular weight excluding hydrogens is 431 g/mol. The fourth-order valence-corrected chi connectivity index (χ4v) is 0.982. The Labute approximate surface area is 174 Å². The molecule has 0 amide bonds. The van der Waals surface area contributed by atoms with Gasteiger partial charge in [-0.25, -0.2) is 14.4 Å². The van der Waals surface area contributed by atoms with E-state index in [0.717, 1.165) is 0 Å². The lowest BCUT2D eigenvalue weighted by Crippen LogP contribution is -2.13. The van der Waals surface area contributed by atoms with Gasteiger partial charge in [0.2, 0.25) is 17.3 Å². The van der Waals surface area contributed by atoms with Crippen LogP contribution in [0.15, 0.2) is 0 Å². The summed E-state index contributed by atoms with van der Waals surface area (Å²) in [4.78, 5) is 89.2. The van der Waals surface area contributed by atoms with E-state index in [0.29, 0.717) is 0 Å². The number of carbonyl (C=O) groups is 9. The molecule has 0 aliphatic carbocycles. The average molecular weight is 452 g/mol. The molecule has 0 atom stereocenters. The molecule has 0 spiro atoms. The van der Waals surface area contributed by atoms with Gasteiger partial charge in [0.15, 0.2) is 0 Å². The zero-order chi connectivity index (χ0) is 24.4. The summed E-state index contributed by atoms with van der Waals surface area (Å²) in [7, 11) is 0. The number of carbonyl (C=O) groups excluding carboxylic acids is 3. The molecule has 6 N–H and O–H groups in total. The summed E-state index contributed by atoms with van der Waals surface area (Å²) in [6.45, 7) is 0. The molecule has 0 unspecified atom stereocenters. The molecule has 0 rings (SSSR count). The van der Waals surface area contributed by atoms with E-state index in [2.05, 4.69) is 0 Å². The van der Waals surface area contributed by atoms with Gasteiger partial charge < -0.3 is 30.6 Å². The highest BCUT2D eigenvalue weighted by molar-refractivity contribution is 6.33. The quantitative estimate of drug-likeness (QED) is 0.130. The van der Waals surface area contributed by atoms with Crippen molar-refractivity contribution >= 4 is 61.6 Å². The molecule has 0 saturated heterocycles. The second kappa shape index (κ2) is 19.2. The van der Waals surface area contributed by atoms with Crippen LogP contribution >= 0.6 is 0 Å². The lowest BCUT2D eigenvalue weighted by atomic mass is 10.2. The number of hydrogen-bond acceptors (Lipinski definition) is 9. The van der Waals surface area contributed by atoms with E-state index >= 15 is 0 Å². The van der Waals surface area contributed by atoms with E-state index in [1.165, 1.54) is 0 Å². The number of carboxylic acids is 6. The lowest BCUT2D eigenvalue weighted by molar-refractivity contribution is -0.150. The first-order valence-corrected chi connectivity index (χ1v) is 7.55. The maximum absolute atomic E-state index is 10.2. The highest BCUT2D eigenvalue weighted by atomic mass is 16.4. The monoisotopic (exact) mass is 452 g/mol. The molecule has 16 heteroatoms. The maximum Gasteiger partial charge on any atom is 0.372 e. The summed E-state index contributed by atoms with van der Waals surface area (Å²) in [5.41, 5.74) is 0. The number of aliphatic carboxylic acids is 6. The van der Waals surface area contributed by atoms with Crippen molar-refractivity contribution in [3.8, 4) is 0 Å². The standard InChI is InChI=1S/3C5H6O5.BH3/c3*6-3(5(9)10)1-2-4(7)8;/h3*1-2H2,(H,7,8)(H,9,10);1H3. The number of Topliss-reactive ketones (excluding diaryl/α,β-unsaturated/α-hetero) is 3. The zero-order valence-electron chi connectivity index (χ0n) is 15.1. The molecule has 0 fully saturated rings. The molecule has 31 heavy (non-hydrogen) atoms. The van der Waals surface area contributed by atoms with Gasteiger partial charge in [0.05, 0.1) is 27.7 Å². The predicted molar refractivity (Wildman–Crippen MR) is 98.5 cm³/mol. The van der Waals surface area contributed by atoms with Gasteiger partial charge in [0.25, 0.3) is 0 Å². The van der Waals surface area contributed by atoms with Crippen molar-refractivity contribution in [2.75, 3.05) is 0 Å². The normalized spacial score (nSPS) is 8.52. The van der Waals surface area contributed by atoms with Crippen LogP contribution in [0.2, 0.25) is 0 Å². The van der Waals surface area contributed by atoms with E-state index in [1.54, 1.807) is 0 Å². The van der Waals surface area contributed by atoms with E-state index in [-0.39, 0.29) is 8.41 Å². The Hall–Kier alpha value is -4.11. The Morgan fingerprint density at radius 3 is 0.613 bits per heavy atom. The lowest BCUT2D eigenvalue weighted by Gasteiger charge is -1.88. The number of hydrogen-bond donors (Lipinski definition) is 6. The van der Waals surface area contributed by atoms with Crippen LogP contribution in [0.3, 0.4) is 0 Å². The van der Waals surface area contributed by atoms with E-state index in [1.807, 2.05) is 0 Å². The van der Waals surface area contributed by atoms with Gasteiger partial charge in [0, 0.05) is 19.3 Å². The average Bonchev–Trinajstić information content (AvgIpc) is 2.62. The summed E-state index contributed by atoms with van der Waals surface area (Å²) < 4.78 is 0. The highest BCUT2D eigenvalue weighted by Crippen LogP contribution is 1.91. The van der Waals surface area contributed by atoms with Crippen LogP contribution < -0.4 is 0 Å². The molecule has 0 aliphatic heterocycles. The Morgan fingerprint density at radius 2 is 0.516 bits per heavy atom. The molecule has 0 aliphatic rings. The van der Waals surface area contributed by atoms with Crippen LogP contribution in [0.1, 0.15) is 38.5 Å². The van der Waals surface area contributed by atoms with Crippen molar-refractivity contribution in [3.05, 3.63) is 0 Å². The van der Waals surface area contributed by atoms with Gasteiger partial charge in [-0.3, -0.25) is 28.8 Å². The van der Waals surface area contributed by atoms with Crippen LogP contribution in [0.4, 0.5) is 0 Å². The summed E-state index contributed by atoms with van der Waals surface area (Å²) in [6.07, 6.45) is -2.60. The van der Waals surface area contributed by atoms with Crippen LogP contribution in [0, 0.1) is 0 Å². The molecule has 0 aromatic heterocycles. The third kappa shape index (κ3) is 28.2. The van der Waals surface area contributed by atoms with Crippen molar-refractivity contribution in [1.82, 2.24) is 0 Å². The molecule has 0 heterocycles. The maximum atomic E-state index is 10.2. The summed E-state index contributed by atoms with van der Waals surface area (Å²) in [5, 5.41) is 47.9. The third-order valence-electron chi connectivity index (χ3n) is 2.41. The van der Waals surface area contributed by atoms with Crippen LogP contribution in [0.25, 0.3) is 0 Å². The molecule has 0 bridgehead atoms. The molecule has 0 saturated carbocycles. The second-order valence-electron chi connectivity index (χ2n) is 4.87. The fourth-order valence-electron chi connectivity index (χ4n) is 0.982. The predicted octanol–water partition coefficient (Wildman–Crippen LogP) is -2.67. The Kier molecular flexibility index (Phi) is 21.3. The molecule has 15 nitrogen and oxygen atoms in total. The van der Waals surface area contributed by atoms with E-state index < -0.39 is 91.7 Å². The molecular formula is C15H21BO15. The van der Waals surface area contributed by atoms with E-state index in [4.69, 9.17) is 30.6 Å². The fraction of sp³-hybridized carbons (Fsp3) is 0.400. The van der Waals surface area contributed by atoms with Gasteiger partial charge in [0.1, 0.15) is 0 Å². The topological polar surface area (TPSA) is 275 Å². The molecule has 0 radical (unpaired) electrons. The largest absolute Gasteiger partial charge is 0.481 e. The van der Waals surface area contributed by atoms with Gasteiger partial charge in [-0.15, -0.1) is 0 Å².